The van der Waals surface area contributed by atoms with Crippen molar-refractivity contribution < 1.29 is 9.90 Å². The fraction of sp³-hybridized carbons (Fsp3) is 0.429. The summed E-state index contributed by atoms with van der Waals surface area (Å²) >= 11 is 0. The Morgan fingerprint density at radius 1 is 1.47 bits per heavy atom. The van der Waals surface area contributed by atoms with Gasteiger partial charge in [0.2, 0.25) is 5.95 Å². The highest BCUT2D eigenvalue weighted by molar-refractivity contribution is 5.81. The summed E-state index contributed by atoms with van der Waals surface area (Å²) < 4.78 is 1.75. The van der Waals surface area contributed by atoms with E-state index in [-0.39, 0.29) is 12.6 Å². The Bertz CT molecular complexity index is 616. The summed E-state index contributed by atoms with van der Waals surface area (Å²) in [4.78, 5) is 17.6. The summed E-state index contributed by atoms with van der Waals surface area (Å²) in [6.07, 6.45) is 0. The third kappa shape index (κ3) is 2.54. The van der Waals surface area contributed by atoms with Crippen LogP contribution in [0.2, 0.25) is 0 Å². The van der Waals surface area contributed by atoms with Crippen molar-refractivity contribution in [1.29, 1.82) is 0 Å². The Hall–Kier alpha value is -2.04. The van der Waals surface area contributed by atoms with E-state index in [1.807, 2.05) is 37.1 Å². The normalized spacial score (nSPS) is 11.2. The highest BCUT2D eigenvalue weighted by Gasteiger charge is 2.17. The SMILES string of the molecule is Cc1ccc2c(c1)nc(N(C)C(C)C)n2CC(=O)O. The van der Waals surface area contributed by atoms with Gasteiger partial charge in [0.1, 0.15) is 6.54 Å². The van der Waals surface area contributed by atoms with E-state index in [0.29, 0.717) is 5.95 Å². The van der Waals surface area contributed by atoms with Crippen LogP contribution in [0.5, 0.6) is 0 Å². The first-order chi connectivity index (χ1) is 8.90. The lowest BCUT2D eigenvalue weighted by molar-refractivity contribution is -0.137. The number of anilines is 1. The molecule has 0 saturated heterocycles. The molecule has 5 nitrogen and oxygen atoms in total. The Morgan fingerprint density at radius 2 is 2.16 bits per heavy atom. The molecule has 1 aromatic heterocycles. The van der Waals surface area contributed by atoms with Gasteiger partial charge in [-0.1, -0.05) is 6.07 Å². The van der Waals surface area contributed by atoms with Gasteiger partial charge in [-0.25, -0.2) is 4.98 Å². The van der Waals surface area contributed by atoms with Gasteiger partial charge in [-0.2, -0.15) is 0 Å². The van der Waals surface area contributed by atoms with E-state index in [0.717, 1.165) is 16.6 Å². The van der Waals surface area contributed by atoms with Crippen molar-refractivity contribution in [1.82, 2.24) is 9.55 Å². The fourth-order valence-corrected chi connectivity index (χ4v) is 2.02. The zero-order chi connectivity index (χ0) is 14.2. The molecule has 0 radical (unpaired) electrons. The van der Waals surface area contributed by atoms with Crippen molar-refractivity contribution in [3.63, 3.8) is 0 Å². The summed E-state index contributed by atoms with van der Waals surface area (Å²) in [5.74, 6) is -0.170. The number of hydrogen-bond acceptors (Lipinski definition) is 3. The van der Waals surface area contributed by atoms with Gasteiger partial charge in [0.05, 0.1) is 11.0 Å². The lowest BCUT2D eigenvalue weighted by atomic mass is 10.2. The van der Waals surface area contributed by atoms with Gasteiger partial charge in [0, 0.05) is 13.1 Å². The van der Waals surface area contributed by atoms with Crippen LogP contribution in [-0.2, 0) is 11.3 Å². The molecule has 0 spiro atoms. The number of benzene rings is 1. The standard InChI is InChI=1S/C14H19N3O2/c1-9(2)16(4)14-15-11-7-10(3)5-6-12(11)17(14)8-13(18)19/h5-7,9H,8H2,1-4H3,(H,18,19). The van der Waals surface area contributed by atoms with E-state index in [1.54, 1.807) is 4.57 Å². The highest BCUT2D eigenvalue weighted by atomic mass is 16.4. The predicted molar refractivity (Wildman–Crippen MR) is 75.6 cm³/mol. The number of imidazole rings is 1. The molecule has 0 unspecified atom stereocenters. The zero-order valence-electron chi connectivity index (χ0n) is 11.7. The molecule has 0 aliphatic carbocycles. The molecule has 0 aliphatic rings. The quantitative estimate of drug-likeness (QED) is 0.917. The molecular weight excluding hydrogens is 242 g/mol. The van der Waals surface area contributed by atoms with Crippen LogP contribution in [0.3, 0.4) is 0 Å². The van der Waals surface area contributed by atoms with E-state index in [9.17, 15) is 4.79 Å². The van der Waals surface area contributed by atoms with Crippen molar-refractivity contribution in [3.8, 4) is 0 Å². The molecular formula is C14H19N3O2. The fourth-order valence-electron chi connectivity index (χ4n) is 2.02. The smallest absolute Gasteiger partial charge is 0.323 e. The van der Waals surface area contributed by atoms with E-state index in [4.69, 9.17) is 5.11 Å². The van der Waals surface area contributed by atoms with Gasteiger partial charge >= 0.3 is 5.97 Å². The Labute approximate surface area is 112 Å². The van der Waals surface area contributed by atoms with E-state index < -0.39 is 5.97 Å². The van der Waals surface area contributed by atoms with Crippen molar-refractivity contribution in [2.24, 2.45) is 0 Å². The summed E-state index contributed by atoms with van der Waals surface area (Å²) in [7, 11) is 1.93. The van der Waals surface area contributed by atoms with Gasteiger partial charge in [0.25, 0.3) is 0 Å². The number of rotatable bonds is 4. The average molecular weight is 261 g/mol. The van der Waals surface area contributed by atoms with E-state index >= 15 is 0 Å². The molecule has 0 bridgehead atoms. The highest BCUT2D eigenvalue weighted by Crippen LogP contribution is 2.24. The minimum Gasteiger partial charge on any atom is -0.480 e. The molecule has 2 rings (SSSR count). The third-order valence-electron chi connectivity index (χ3n) is 3.27. The second-order valence-electron chi connectivity index (χ2n) is 5.09. The van der Waals surface area contributed by atoms with E-state index in [1.165, 1.54) is 0 Å². The van der Waals surface area contributed by atoms with Gasteiger partial charge in [-0.05, 0) is 38.5 Å². The predicted octanol–water partition coefficient (Wildman–Crippen LogP) is 2.27. The van der Waals surface area contributed by atoms with Gasteiger partial charge in [-0.3, -0.25) is 9.36 Å². The maximum Gasteiger partial charge on any atom is 0.323 e. The largest absolute Gasteiger partial charge is 0.480 e. The molecule has 2 aromatic rings. The zero-order valence-corrected chi connectivity index (χ0v) is 11.7. The number of aryl methyl sites for hydroxylation is 1. The molecule has 1 N–H and O–H groups in total. The van der Waals surface area contributed by atoms with Crippen molar-refractivity contribution in [2.45, 2.75) is 33.4 Å². The molecule has 0 aliphatic heterocycles. The maximum atomic E-state index is 11.1. The van der Waals surface area contributed by atoms with Gasteiger partial charge in [-0.15, -0.1) is 0 Å². The molecule has 0 saturated carbocycles. The van der Waals surface area contributed by atoms with Gasteiger partial charge < -0.3 is 10.0 Å². The number of carboxylic acid groups (broad SMARTS) is 1. The van der Waals surface area contributed by atoms with Crippen LogP contribution in [-0.4, -0.2) is 33.7 Å². The third-order valence-corrected chi connectivity index (χ3v) is 3.27. The molecule has 1 heterocycles. The number of hydrogen-bond donors (Lipinski definition) is 1. The van der Waals surface area contributed by atoms with Crippen LogP contribution in [0.4, 0.5) is 5.95 Å². The van der Waals surface area contributed by atoms with Crippen LogP contribution in [0.1, 0.15) is 19.4 Å². The van der Waals surface area contributed by atoms with Crippen LogP contribution in [0.25, 0.3) is 11.0 Å². The second-order valence-corrected chi connectivity index (χ2v) is 5.09. The Kier molecular flexibility index (Phi) is 3.46. The summed E-state index contributed by atoms with van der Waals surface area (Å²) in [5, 5.41) is 9.08. The van der Waals surface area contributed by atoms with Crippen LogP contribution >= 0.6 is 0 Å². The number of carboxylic acids is 1. The van der Waals surface area contributed by atoms with Crippen LogP contribution < -0.4 is 4.90 Å². The second kappa shape index (κ2) is 4.91. The summed E-state index contributed by atoms with van der Waals surface area (Å²) in [6.45, 7) is 6.03. The number of fused-ring (bicyclic) bond motifs is 1. The lowest BCUT2D eigenvalue weighted by Crippen LogP contribution is -2.29. The number of carbonyl (C=O) groups is 1. The molecule has 102 valence electrons. The summed E-state index contributed by atoms with van der Waals surface area (Å²) in [5.41, 5.74) is 2.81. The topological polar surface area (TPSA) is 58.4 Å². The Morgan fingerprint density at radius 3 is 2.74 bits per heavy atom. The minimum absolute atomic E-state index is 0.0774. The average Bonchev–Trinajstić information content (AvgIpc) is 2.65. The molecule has 1 aromatic carbocycles. The van der Waals surface area contributed by atoms with E-state index in [2.05, 4.69) is 18.8 Å². The first-order valence-electron chi connectivity index (χ1n) is 6.31. The molecule has 19 heavy (non-hydrogen) atoms. The lowest BCUT2D eigenvalue weighted by Gasteiger charge is -2.23. The van der Waals surface area contributed by atoms with Crippen LogP contribution in [0.15, 0.2) is 18.2 Å². The molecule has 5 heteroatoms. The van der Waals surface area contributed by atoms with Crippen molar-refractivity contribution >= 4 is 23.0 Å². The van der Waals surface area contributed by atoms with Crippen molar-refractivity contribution in [2.75, 3.05) is 11.9 Å². The first kappa shape index (κ1) is 13.4. The molecule has 0 fully saturated rings. The first-order valence-corrected chi connectivity index (χ1v) is 6.31. The maximum absolute atomic E-state index is 11.1. The van der Waals surface area contributed by atoms with Crippen LogP contribution in [0, 0.1) is 6.92 Å². The molecule has 0 atom stereocenters. The Balaban J connectivity index is 2.63. The summed E-state index contributed by atoms with van der Waals surface area (Å²) in [6, 6.07) is 6.14. The minimum atomic E-state index is -0.863. The number of nitrogens with zero attached hydrogens (tertiary/aromatic N) is 3. The van der Waals surface area contributed by atoms with Gasteiger partial charge in [0.15, 0.2) is 0 Å². The number of aliphatic carboxylic acids is 1. The van der Waals surface area contributed by atoms with Crippen molar-refractivity contribution in [3.05, 3.63) is 23.8 Å². The molecule has 0 amide bonds. The number of aromatic nitrogens is 2. The monoisotopic (exact) mass is 261 g/mol.